The minimum Gasteiger partial charge on any atom is -0.401 e. The van der Waals surface area contributed by atoms with Crippen LogP contribution < -0.4 is 10.6 Å². The summed E-state index contributed by atoms with van der Waals surface area (Å²) in [5.41, 5.74) is 1.49. The molecule has 0 saturated heterocycles. The molecule has 3 aromatic carbocycles. The molecule has 0 aliphatic rings. The molecule has 3 rings (SSSR count). The summed E-state index contributed by atoms with van der Waals surface area (Å²) in [5.74, 6) is -0.642. The van der Waals surface area contributed by atoms with Gasteiger partial charge in [-0.25, -0.2) is 4.79 Å². The number of halogens is 2. The van der Waals surface area contributed by atoms with Gasteiger partial charge in [0.25, 0.3) is 0 Å². The molecule has 6 heteroatoms. The van der Waals surface area contributed by atoms with Gasteiger partial charge >= 0.3 is 13.3 Å². The molecule has 0 spiro atoms. The lowest BCUT2D eigenvalue weighted by Gasteiger charge is -2.19. The van der Waals surface area contributed by atoms with Crippen molar-refractivity contribution in [3.63, 3.8) is 0 Å². The lowest BCUT2D eigenvalue weighted by atomic mass is 10.1. The van der Waals surface area contributed by atoms with Crippen molar-refractivity contribution < 1.29 is 13.9 Å². The summed E-state index contributed by atoms with van der Waals surface area (Å²) in [6, 6.07) is 20.1. The maximum atomic E-state index is 13.9. The Morgan fingerprint density at radius 3 is 1.71 bits per heavy atom. The van der Waals surface area contributed by atoms with Crippen molar-refractivity contribution in [2.75, 3.05) is 0 Å². The molecule has 3 nitrogen and oxygen atoms in total. The SMILES string of the molecule is CCCc1ccc(C(=O)OP(=O)(c2ccc(Cl)cc2)c2ccc(Cl)cc2)cc1. The molecule has 0 unspecified atom stereocenters. The van der Waals surface area contributed by atoms with Gasteiger partial charge in [0.15, 0.2) is 0 Å². The van der Waals surface area contributed by atoms with E-state index in [2.05, 4.69) is 6.92 Å². The van der Waals surface area contributed by atoms with Crippen LogP contribution in [0, 0.1) is 0 Å². The molecule has 0 aliphatic carbocycles. The minimum atomic E-state index is -3.68. The van der Waals surface area contributed by atoms with E-state index >= 15 is 0 Å². The molecule has 0 saturated carbocycles. The van der Waals surface area contributed by atoms with Crippen LogP contribution in [0.5, 0.6) is 0 Å². The maximum Gasteiger partial charge on any atom is 0.343 e. The van der Waals surface area contributed by atoms with E-state index < -0.39 is 13.3 Å². The first-order valence-electron chi connectivity index (χ1n) is 8.87. The highest BCUT2D eigenvalue weighted by atomic mass is 35.5. The molecule has 0 aromatic heterocycles. The fraction of sp³-hybridized carbons (Fsp3) is 0.136. The van der Waals surface area contributed by atoms with Gasteiger partial charge in [-0.05, 0) is 72.6 Å². The number of rotatable bonds is 6. The molecule has 144 valence electrons. The normalized spacial score (nSPS) is 11.2. The van der Waals surface area contributed by atoms with Crippen molar-refractivity contribution >= 4 is 47.1 Å². The number of carbonyl (C=O) groups is 1. The molecule has 3 aromatic rings. The van der Waals surface area contributed by atoms with Crippen molar-refractivity contribution in [2.45, 2.75) is 19.8 Å². The van der Waals surface area contributed by atoms with E-state index in [0.717, 1.165) is 18.4 Å². The van der Waals surface area contributed by atoms with E-state index in [0.29, 0.717) is 26.2 Å². The number of carbonyl (C=O) groups excluding carboxylic acids is 1. The summed E-state index contributed by atoms with van der Waals surface area (Å²) in [6.45, 7) is 2.09. The van der Waals surface area contributed by atoms with E-state index in [1.807, 2.05) is 12.1 Å². The predicted molar refractivity (Wildman–Crippen MR) is 116 cm³/mol. The van der Waals surface area contributed by atoms with Crippen LogP contribution in [-0.4, -0.2) is 5.97 Å². The highest BCUT2D eigenvalue weighted by Crippen LogP contribution is 2.45. The topological polar surface area (TPSA) is 43.4 Å². The van der Waals surface area contributed by atoms with Crippen LogP contribution in [0.4, 0.5) is 0 Å². The second kappa shape index (κ2) is 8.96. The highest BCUT2D eigenvalue weighted by Gasteiger charge is 2.32. The van der Waals surface area contributed by atoms with Gasteiger partial charge in [0, 0.05) is 10.0 Å². The van der Waals surface area contributed by atoms with Gasteiger partial charge in [0.2, 0.25) is 0 Å². The molecule has 0 aliphatic heterocycles. The monoisotopic (exact) mass is 432 g/mol. The number of hydrogen-bond acceptors (Lipinski definition) is 3. The van der Waals surface area contributed by atoms with E-state index in [4.69, 9.17) is 27.7 Å². The average molecular weight is 433 g/mol. The van der Waals surface area contributed by atoms with Gasteiger partial charge in [0.1, 0.15) is 0 Å². The largest absolute Gasteiger partial charge is 0.401 e. The van der Waals surface area contributed by atoms with Crippen LogP contribution in [0.1, 0.15) is 29.3 Å². The van der Waals surface area contributed by atoms with Crippen molar-refractivity contribution in [3.8, 4) is 0 Å². The van der Waals surface area contributed by atoms with Gasteiger partial charge in [-0.15, -0.1) is 0 Å². The summed E-state index contributed by atoms with van der Waals surface area (Å²) < 4.78 is 19.5. The molecule has 0 N–H and O–H groups in total. The van der Waals surface area contributed by atoms with Crippen LogP contribution in [0.3, 0.4) is 0 Å². The van der Waals surface area contributed by atoms with Gasteiger partial charge in [-0.1, -0.05) is 48.7 Å². The molecule has 0 bridgehead atoms. The molecule has 0 radical (unpaired) electrons. The van der Waals surface area contributed by atoms with E-state index in [-0.39, 0.29) is 0 Å². The van der Waals surface area contributed by atoms with Crippen molar-refractivity contribution in [3.05, 3.63) is 94.0 Å². The smallest absolute Gasteiger partial charge is 0.343 e. The van der Waals surface area contributed by atoms with Gasteiger partial charge in [-0.2, -0.15) is 0 Å². The van der Waals surface area contributed by atoms with Gasteiger partial charge in [0.05, 0.1) is 16.2 Å². The average Bonchev–Trinajstić information content (AvgIpc) is 2.69. The Hall–Kier alpha value is -2.06. The third-order valence-electron chi connectivity index (χ3n) is 4.27. The van der Waals surface area contributed by atoms with Crippen LogP contribution in [0.25, 0.3) is 0 Å². The standard InChI is InChI=1S/C22H19Cl2O3P/c1-2-3-16-4-6-17(7-5-16)22(25)27-28(26,20-12-8-18(23)9-13-20)21-14-10-19(24)11-15-21/h4-15H,2-3H2,1H3. The zero-order valence-electron chi connectivity index (χ0n) is 15.3. The number of benzene rings is 3. The minimum absolute atomic E-state index is 0.350. The van der Waals surface area contributed by atoms with Crippen LogP contribution in [0.2, 0.25) is 10.0 Å². The lowest BCUT2D eigenvalue weighted by Crippen LogP contribution is -2.21. The summed E-state index contributed by atoms with van der Waals surface area (Å²) in [4.78, 5) is 12.8. The van der Waals surface area contributed by atoms with Crippen LogP contribution >= 0.6 is 30.6 Å². The van der Waals surface area contributed by atoms with Crippen molar-refractivity contribution in [2.24, 2.45) is 0 Å². The van der Waals surface area contributed by atoms with Crippen LogP contribution in [0.15, 0.2) is 72.8 Å². The summed E-state index contributed by atoms with van der Waals surface area (Å²) >= 11 is 11.9. The third kappa shape index (κ3) is 4.67. The lowest BCUT2D eigenvalue weighted by molar-refractivity contribution is 0.0747. The zero-order valence-corrected chi connectivity index (χ0v) is 17.7. The third-order valence-corrected chi connectivity index (χ3v) is 7.16. The Morgan fingerprint density at radius 1 is 0.821 bits per heavy atom. The Bertz CT molecular complexity index is 948. The molecule has 0 fully saturated rings. The fourth-order valence-electron chi connectivity index (χ4n) is 2.79. The first-order valence-corrected chi connectivity index (χ1v) is 11.3. The summed E-state index contributed by atoms with van der Waals surface area (Å²) in [7, 11) is -3.68. The Balaban J connectivity index is 1.97. The Morgan fingerprint density at radius 2 is 1.29 bits per heavy atom. The first kappa shape index (κ1) is 20.7. The highest BCUT2D eigenvalue weighted by molar-refractivity contribution is 7.74. The Labute approximate surface area is 174 Å². The van der Waals surface area contributed by atoms with E-state index in [9.17, 15) is 9.36 Å². The molecule has 0 amide bonds. The zero-order chi connectivity index (χ0) is 20.1. The first-order chi connectivity index (χ1) is 13.4. The number of aryl methyl sites for hydroxylation is 1. The fourth-order valence-corrected chi connectivity index (χ4v) is 4.98. The van der Waals surface area contributed by atoms with Crippen LogP contribution in [-0.2, 0) is 15.5 Å². The summed E-state index contributed by atoms with van der Waals surface area (Å²) in [6.07, 6.45) is 1.95. The maximum absolute atomic E-state index is 13.9. The van der Waals surface area contributed by atoms with Gasteiger partial charge in [-0.3, -0.25) is 4.57 Å². The second-order valence-electron chi connectivity index (χ2n) is 6.33. The predicted octanol–water partition coefficient (Wildman–Crippen LogP) is 6.03. The molecule has 0 heterocycles. The molecule has 0 atom stereocenters. The Kier molecular flexibility index (Phi) is 6.61. The van der Waals surface area contributed by atoms with Gasteiger partial charge < -0.3 is 4.52 Å². The van der Waals surface area contributed by atoms with Crippen molar-refractivity contribution in [1.82, 2.24) is 0 Å². The second-order valence-corrected chi connectivity index (χ2v) is 9.52. The molecular weight excluding hydrogens is 414 g/mol. The summed E-state index contributed by atoms with van der Waals surface area (Å²) in [5, 5.41) is 1.78. The quantitative estimate of drug-likeness (QED) is 0.446. The molecular formula is C22H19Cl2O3P. The molecule has 28 heavy (non-hydrogen) atoms. The van der Waals surface area contributed by atoms with Crippen molar-refractivity contribution in [1.29, 1.82) is 0 Å². The van der Waals surface area contributed by atoms with E-state index in [1.54, 1.807) is 60.7 Å². The number of hydrogen-bond donors (Lipinski definition) is 0. The van der Waals surface area contributed by atoms with E-state index in [1.165, 1.54) is 0 Å².